The van der Waals surface area contributed by atoms with Crippen molar-refractivity contribution in [2.75, 3.05) is 26.2 Å². The Labute approximate surface area is 142 Å². The molecule has 1 saturated heterocycles. The quantitative estimate of drug-likeness (QED) is 0.891. The first-order valence-electron chi connectivity index (χ1n) is 7.65. The molecule has 1 aliphatic rings. The van der Waals surface area contributed by atoms with Crippen LogP contribution in [0.4, 0.5) is 0 Å². The van der Waals surface area contributed by atoms with Crippen LogP contribution < -0.4 is 5.32 Å². The van der Waals surface area contributed by atoms with E-state index in [1.165, 1.54) is 36.2 Å². The molecular formula is C17H30Cl2N2. The normalized spacial score (nSPS) is 18.3. The highest BCUT2D eigenvalue weighted by atomic mass is 35.5. The lowest BCUT2D eigenvalue weighted by molar-refractivity contribution is 0.128. The van der Waals surface area contributed by atoms with Crippen LogP contribution in [0.25, 0.3) is 0 Å². The van der Waals surface area contributed by atoms with Crippen molar-refractivity contribution >= 4 is 24.8 Å². The van der Waals surface area contributed by atoms with Gasteiger partial charge in [-0.15, -0.1) is 24.8 Å². The third-order valence-corrected chi connectivity index (χ3v) is 4.60. The summed E-state index contributed by atoms with van der Waals surface area (Å²) in [5, 5.41) is 3.46. The lowest BCUT2D eigenvalue weighted by atomic mass is 9.89. The van der Waals surface area contributed by atoms with Gasteiger partial charge in [0, 0.05) is 32.2 Å². The lowest BCUT2D eigenvalue weighted by Crippen LogP contribution is -2.46. The summed E-state index contributed by atoms with van der Waals surface area (Å²) in [5.41, 5.74) is 4.31. The number of rotatable bonds is 4. The summed E-state index contributed by atoms with van der Waals surface area (Å²) in [6.07, 6.45) is 1.24. The predicted molar refractivity (Wildman–Crippen MR) is 97.1 cm³/mol. The number of benzene rings is 1. The molecule has 1 aromatic rings. The summed E-state index contributed by atoms with van der Waals surface area (Å²) in [7, 11) is 0. The van der Waals surface area contributed by atoms with Crippen molar-refractivity contribution in [2.45, 2.75) is 40.2 Å². The first-order valence-corrected chi connectivity index (χ1v) is 7.65. The van der Waals surface area contributed by atoms with Crippen molar-refractivity contribution in [1.29, 1.82) is 0 Å². The van der Waals surface area contributed by atoms with Gasteiger partial charge in [-0.05, 0) is 36.5 Å². The first-order chi connectivity index (χ1) is 9.13. The van der Waals surface area contributed by atoms with Gasteiger partial charge in [0.1, 0.15) is 0 Å². The Morgan fingerprint density at radius 3 is 2.24 bits per heavy atom. The molecule has 0 bridgehead atoms. The number of hydrogen-bond acceptors (Lipinski definition) is 2. The van der Waals surface area contributed by atoms with Crippen LogP contribution in [0, 0.1) is 19.8 Å². The van der Waals surface area contributed by atoms with Crippen LogP contribution in [0.1, 0.15) is 43.0 Å². The molecule has 0 aliphatic carbocycles. The third-order valence-electron chi connectivity index (χ3n) is 4.60. The van der Waals surface area contributed by atoms with E-state index in [1.54, 1.807) is 0 Å². The number of aryl methyl sites for hydroxylation is 2. The molecule has 1 unspecified atom stereocenters. The minimum absolute atomic E-state index is 0. The molecule has 0 spiro atoms. The van der Waals surface area contributed by atoms with Crippen LogP contribution >= 0.6 is 24.8 Å². The van der Waals surface area contributed by atoms with Gasteiger partial charge in [-0.25, -0.2) is 0 Å². The van der Waals surface area contributed by atoms with E-state index in [4.69, 9.17) is 0 Å². The van der Waals surface area contributed by atoms with Crippen LogP contribution in [0.15, 0.2) is 18.2 Å². The van der Waals surface area contributed by atoms with Gasteiger partial charge >= 0.3 is 0 Å². The van der Waals surface area contributed by atoms with Crippen molar-refractivity contribution in [3.05, 3.63) is 34.9 Å². The fourth-order valence-corrected chi connectivity index (χ4v) is 3.03. The van der Waals surface area contributed by atoms with Gasteiger partial charge in [-0.1, -0.05) is 38.5 Å². The Kier molecular flexibility index (Phi) is 9.55. The highest BCUT2D eigenvalue weighted by Crippen LogP contribution is 2.31. The highest BCUT2D eigenvalue weighted by Gasteiger charge is 2.26. The molecule has 4 heteroatoms. The zero-order valence-corrected chi connectivity index (χ0v) is 15.3. The molecule has 2 nitrogen and oxygen atoms in total. The van der Waals surface area contributed by atoms with Crippen LogP contribution in [-0.2, 0) is 0 Å². The van der Waals surface area contributed by atoms with E-state index in [0.29, 0.717) is 12.0 Å². The Balaban J connectivity index is 0.00000200. The molecule has 1 N–H and O–H groups in total. The van der Waals surface area contributed by atoms with Gasteiger partial charge in [0.2, 0.25) is 0 Å². The number of nitrogens with one attached hydrogen (secondary N) is 1. The largest absolute Gasteiger partial charge is 0.314 e. The zero-order chi connectivity index (χ0) is 13.8. The van der Waals surface area contributed by atoms with Crippen LogP contribution in [0.3, 0.4) is 0 Å². The summed E-state index contributed by atoms with van der Waals surface area (Å²) in [6.45, 7) is 13.7. The summed E-state index contributed by atoms with van der Waals surface area (Å²) in [6, 6.07) is 7.59. The second-order valence-electron chi connectivity index (χ2n) is 5.96. The van der Waals surface area contributed by atoms with E-state index in [1.807, 2.05) is 0 Å². The molecule has 21 heavy (non-hydrogen) atoms. The number of nitrogens with zero attached hydrogens (tertiary/aromatic N) is 1. The topological polar surface area (TPSA) is 15.3 Å². The van der Waals surface area contributed by atoms with Gasteiger partial charge in [-0.2, -0.15) is 0 Å². The van der Waals surface area contributed by atoms with Gasteiger partial charge in [0.25, 0.3) is 0 Å². The minimum atomic E-state index is 0. The van der Waals surface area contributed by atoms with E-state index < -0.39 is 0 Å². The van der Waals surface area contributed by atoms with Gasteiger partial charge in [-0.3, -0.25) is 4.90 Å². The van der Waals surface area contributed by atoms with Gasteiger partial charge in [0.15, 0.2) is 0 Å². The summed E-state index contributed by atoms with van der Waals surface area (Å²) < 4.78 is 0. The molecule has 0 radical (unpaired) electrons. The Morgan fingerprint density at radius 1 is 1.10 bits per heavy atom. The maximum absolute atomic E-state index is 3.46. The second kappa shape index (κ2) is 9.68. The Bertz CT molecular complexity index is 417. The standard InChI is InChI=1S/C17H28N2.2ClH/c1-5-13(2)17(19-10-8-18-9-11-19)16-7-6-14(3)15(4)12-16;;/h6-7,12-13,17-18H,5,8-11H2,1-4H3;2*1H/t13?,17-;;/m1../s1. The van der Waals surface area contributed by atoms with E-state index >= 15 is 0 Å². The van der Waals surface area contributed by atoms with Crippen molar-refractivity contribution in [3.8, 4) is 0 Å². The molecule has 1 aliphatic heterocycles. The van der Waals surface area contributed by atoms with Crippen LogP contribution in [0.2, 0.25) is 0 Å². The smallest absolute Gasteiger partial charge is 0.0374 e. The predicted octanol–water partition coefficient (Wildman–Crippen LogP) is 4.14. The van der Waals surface area contributed by atoms with Gasteiger partial charge in [0.05, 0.1) is 0 Å². The highest BCUT2D eigenvalue weighted by molar-refractivity contribution is 5.85. The Hall–Kier alpha value is -0.280. The summed E-state index contributed by atoms with van der Waals surface area (Å²) in [4.78, 5) is 2.66. The molecule has 0 saturated carbocycles. The molecule has 122 valence electrons. The fraction of sp³-hybridized carbons (Fsp3) is 0.647. The van der Waals surface area contributed by atoms with Crippen molar-refractivity contribution in [3.63, 3.8) is 0 Å². The maximum Gasteiger partial charge on any atom is 0.0374 e. The second-order valence-corrected chi connectivity index (χ2v) is 5.96. The van der Waals surface area contributed by atoms with E-state index in [0.717, 1.165) is 13.1 Å². The molecule has 0 amide bonds. The number of hydrogen-bond donors (Lipinski definition) is 1. The first kappa shape index (κ1) is 20.7. The average molecular weight is 333 g/mol. The van der Waals surface area contributed by atoms with E-state index in [9.17, 15) is 0 Å². The van der Waals surface area contributed by atoms with E-state index in [-0.39, 0.29) is 24.8 Å². The Morgan fingerprint density at radius 2 is 1.71 bits per heavy atom. The average Bonchev–Trinajstić information content (AvgIpc) is 2.44. The fourth-order valence-electron chi connectivity index (χ4n) is 3.03. The molecule has 0 aromatic heterocycles. The van der Waals surface area contributed by atoms with Crippen molar-refractivity contribution in [1.82, 2.24) is 10.2 Å². The minimum Gasteiger partial charge on any atom is -0.314 e. The van der Waals surface area contributed by atoms with Crippen molar-refractivity contribution < 1.29 is 0 Å². The van der Waals surface area contributed by atoms with Crippen molar-refractivity contribution in [2.24, 2.45) is 5.92 Å². The molecule has 1 heterocycles. The monoisotopic (exact) mass is 332 g/mol. The number of halogens is 2. The maximum atomic E-state index is 3.46. The van der Waals surface area contributed by atoms with Crippen LogP contribution in [0.5, 0.6) is 0 Å². The van der Waals surface area contributed by atoms with Gasteiger partial charge < -0.3 is 5.32 Å². The molecular weight excluding hydrogens is 303 g/mol. The summed E-state index contributed by atoms with van der Waals surface area (Å²) in [5.74, 6) is 0.709. The lowest BCUT2D eigenvalue weighted by Gasteiger charge is -2.38. The molecule has 2 rings (SSSR count). The molecule has 1 fully saturated rings. The third kappa shape index (κ3) is 5.14. The SMILES string of the molecule is CCC(C)[C@H](c1ccc(C)c(C)c1)N1CCNCC1.Cl.Cl. The summed E-state index contributed by atoms with van der Waals surface area (Å²) >= 11 is 0. The molecule has 1 aromatic carbocycles. The number of piperazine rings is 1. The zero-order valence-electron chi connectivity index (χ0n) is 13.7. The van der Waals surface area contributed by atoms with Crippen LogP contribution in [-0.4, -0.2) is 31.1 Å². The molecule has 2 atom stereocenters. The van der Waals surface area contributed by atoms with E-state index in [2.05, 4.69) is 56.1 Å².